The van der Waals surface area contributed by atoms with E-state index in [0.717, 1.165) is 28.5 Å². The summed E-state index contributed by atoms with van der Waals surface area (Å²) in [5.41, 5.74) is 3.42. The van der Waals surface area contributed by atoms with Crippen molar-refractivity contribution in [1.82, 2.24) is 24.5 Å². The Balaban J connectivity index is 1.56. The van der Waals surface area contributed by atoms with Gasteiger partial charge in [0.25, 0.3) is 0 Å². The fourth-order valence-electron chi connectivity index (χ4n) is 3.55. The molecule has 0 fully saturated rings. The molecule has 3 aromatic heterocycles. The molecule has 0 amide bonds. The van der Waals surface area contributed by atoms with E-state index in [0.29, 0.717) is 23.1 Å². The number of aromatic nitrogens is 5. The fraction of sp³-hybridized carbons (Fsp3) is 0.217. The van der Waals surface area contributed by atoms with E-state index in [-0.39, 0.29) is 11.5 Å². The third-order valence-electron chi connectivity index (χ3n) is 4.97. The van der Waals surface area contributed by atoms with Gasteiger partial charge in [0.2, 0.25) is 0 Å². The van der Waals surface area contributed by atoms with E-state index in [2.05, 4.69) is 21.9 Å². The number of carbonyl (C=O) groups excluding carboxylic acids is 1. The topological polar surface area (TPSA) is 78.7 Å². The van der Waals surface area contributed by atoms with Crippen LogP contribution in [-0.4, -0.2) is 36.0 Å². The molecule has 4 rings (SSSR count). The number of benzene rings is 1. The lowest BCUT2D eigenvalue weighted by Crippen LogP contribution is -2.07. The Labute approximate surface area is 184 Å². The Bertz CT molecular complexity index is 1240. The molecule has 0 aliphatic rings. The third kappa shape index (κ3) is 4.11. The lowest BCUT2D eigenvalue weighted by molar-refractivity contribution is 0.102. The predicted octanol–water partition coefficient (Wildman–Crippen LogP) is 4.81. The molecule has 0 saturated heterocycles. The molecule has 3 heterocycles. The molecule has 0 N–H and O–H groups in total. The van der Waals surface area contributed by atoms with Crippen LogP contribution in [0.2, 0.25) is 0 Å². The molecule has 0 unspecified atom stereocenters. The second-order valence-corrected chi connectivity index (χ2v) is 8.14. The van der Waals surface area contributed by atoms with E-state index in [1.165, 1.54) is 11.8 Å². The van der Waals surface area contributed by atoms with E-state index in [9.17, 15) is 4.79 Å². The summed E-state index contributed by atoms with van der Waals surface area (Å²) in [5.74, 6) is 2.44. The van der Waals surface area contributed by atoms with E-state index in [1.54, 1.807) is 6.08 Å². The fourth-order valence-corrected chi connectivity index (χ4v) is 4.39. The Morgan fingerprint density at radius 1 is 1.16 bits per heavy atom. The number of hydrogen-bond donors (Lipinski definition) is 0. The van der Waals surface area contributed by atoms with Crippen molar-refractivity contribution in [2.75, 3.05) is 5.75 Å². The zero-order valence-corrected chi connectivity index (χ0v) is 18.5. The summed E-state index contributed by atoms with van der Waals surface area (Å²) in [6.07, 6.45) is 1.80. The van der Waals surface area contributed by atoms with Crippen LogP contribution in [0.5, 0.6) is 0 Å². The van der Waals surface area contributed by atoms with Gasteiger partial charge in [-0.3, -0.25) is 13.9 Å². The zero-order chi connectivity index (χ0) is 22.0. The lowest BCUT2D eigenvalue weighted by Gasteiger charge is -2.08. The summed E-state index contributed by atoms with van der Waals surface area (Å²) in [6.45, 7) is 10.1. The van der Waals surface area contributed by atoms with Crippen LogP contribution >= 0.6 is 11.8 Å². The molecule has 0 bridgehead atoms. The number of rotatable bonds is 8. The van der Waals surface area contributed by atoms with E-state index < -0.39 is 0 Å². The quantitative estimate of drug-likeness (QED) is 0.225. The van der Waals surface area contributed by atoms with Crippen LogP contribution < -0.4 is 0 Å². The highest BCUT2D eigenvalue weighted by molar-refractivity contribution is 7.99. The van der Waals surface area contributed by atoms with E-state index in [4.69, 9.17) is 4.52 Å². The van der Waals surface area contributed by atoms with E-state index >= 15 is 0 Å². The SMILES string of the molecule is C=CCn1c(SCC(=O)c2cc(C)n(-c3cc(C)on3)c2C)nnc1-c1ccccc1. The summed E-state index contributed by atoms with van der Waals surface area (Å²) >= 11 is 1.38. The monoisotopic (exact) mass is 433 g/mol. The minimum absolute atomic E-state index is 0.0268. The highest BCUT2D eigenvalue weighted by Gasteiger charge is 2.20. The summed E-state index contributed by atoms with van der Waals surface area (Å²) in [7, 11) is 0. The van der Waals surface area contributed by atoms with Crippen molar-refractivity contribution in [3.8, 4) is 17.2 Å². The summed E-state index contributed by atoms with van der Waals surface area (Å²) in [5, 5.41) is 13.4. The number of Topliss-reactive ketones (excluding diaryl/α,β-unsaturated/α-hetero) is 1. The Morgan fingerprint density at radius 2 is 1.94 bits per heavy atom. The highest BCUT2D eigenvalue weighted by atomic mass is 32.2. The summed E-state index contributed by atoms with van der Waals surface area (Å²) < 4.78 is 9.10. The summed E-state index contributed by atoms with van der Waals surface area (Å²) in [6, 6.07) is 13.6. The molecule has 0 aliphatic carbocycles. The van der Waals surface area contributed by atoms with E-state index in [1.807, 2.05) is 72.4 Å². The molecule has 0 spiro atoms. The van der Waals surface area contributed by atoms with Crippen molar-refractivity contribution in [1.29, 1.82) is 0 Å². The first-order valence-corrected chi connectivity index (χ1v) is 10.9. The van der Waals surface area contributed by atoms with Gasteiger partial charge in [-0.25, -0.2) is 0 Å². The maximum atomic E-state index is 13.0. The molecule has 1 aromatic carbocycles. The Hall–Kier alpha value is -3.39. The smallest absolute Gasteiger partial charge is 0.192 e. The largest absolute Gasteiger partial charge is 0.360 e. The molecule has 0 atom stereocenters. The molecule has 4 aromatic rings. The molecule has 0 saturated carbocycles. The Kier molecular flexibility index (Phi) is 5.90. The van der Waals surface area contributed by atoms with Crippen molar-refractivity contribution in [3.05, 3.63) is 77.8 Å². The van der Waals surface area contributed by atoms with Crippen molar-refractivity contribution in [3.63, 3.8) is 0 Å². The molecule has 0 radical (unpaired) electrons. The number of allylic oxidation sites excluding steroid dienone is 1. The predicted molar refractivity (Wildman–Crippen MR) is 121 cm³/mol. The number of ketones is 1. The van der Waals surface area contributed by atoms with Crippen molar-refractivity contribution in [2.24, 2.45) is 0 Å². The highest BCUT2D eigenvalue weighted by Crippen LogP contribution is 2.26. The molecule has 8 heteroatoms. The van der Waals surface area contributed by atoms with Gasteiger partial charge in [-0.1, -0.05) is 53.3 Å². The number of hydrogen-bond acceptors (Lipinski definition) is 6. The molecule has 0 aliphatic heterocycles. The number of nitrogens with zero attached hydrogens (tertiary/aromatic N) is 5. The van der Waals surface area contributed by atoms with Gasteiger partial charge in [-0.05, 0) is 26.8 Å². The number of aryl methyl sites for hydroxylation is 2. The van der Waals surface area contributed by atoms with Crippen LogP contribution in [0.1, 0.15) is 27.5 Å². The number of thioether (sulfide) groups is 1. The second kappa shape index (κ2) is 8.77. The maximum Gasteiger partial charge on any atom is 0.192 e. The first kappa shape index (κ1) is 20.9. The summed E-state index contributed by atoms with van der Waals surface area (Å²) in [4.78, 5) is 13.0. The van der Waals surface area contributed by atoms with Gasteiger partial charge in [0.05, 0.1) is 5.75 Å². The van der Waals surface area contributed by atoms with Gasteiger partial charge in [0.1, 0.15) is 5.76 Å². The Morgan fingerprint density at radius 3 is 2.61 bits per heavy atom. The molecule has 7 nitrogen and oxygen atoms in total. The van der Waals surface area contributed by atoms with Gasteiger partial charge < -0.3 is 4.52 Å². The maximum absolute atomic E-state index is 13.0. The van der Waals surface area contributed by atoms with Crippen LogP contribution in [0.25, 0.3) is 17.2 Å². The third-order valence-corrected chi connectivity index (χ3v) is 5.94. The average molecular weight is 434 g/mol. The minimum Gasteiger partial charge on any atom is -0.360 e. The first-order valence-electron chi connectivity index (χ1n) is 9.87. The standard InChI is InChI=1S/C23H23N5O2S/c1-5-11-27-22(18-9-7-6-8-10-18)24-25-23(27)31-14-20(29)19-12-15(2)28(17(19)4)21-13-16(3)30-26-21/h5-10,12-13H,1,11,14H2,2-4H3. The van der Waals surface area contributed by atoms with Crippen molar-refractivity contribution in [2.45, 2.75) is 32.5 Å². The van der Waals surface area contributed by atoms with Gasteiger partial charge in [-0.15, -0.1) is 16.8 Å². The van der Waals surface area contributed by atoms with Crippen LogP contribution in [0.4, 0.5) is 0 Å². The van der Waals surface area contributed by atoms with Gasteiger partial charge in [0, 0.05) is 35.1 Å². The molecular weight excluding hydrogens is 410 g/mol. The zero-order valence-electron chi connectivity index (χ0n) is 17.7. The normalized spacial score (nSPS) is 11.1. The molecule has 158 valence electrons. The first-order chi connectivity index (χ1) is 15.0. The second-order valence-electron chi connectivity index (χ2n) is 7.20. The van der Waals surface area contributed by atoms with Crippen molar-refractivity contribution >= 4 is 17.5 Å². The van der Waals surface area contributed by atoms with Gasteiger partial charge in [0.15, 0.2) is 22.6 Å². The van der Waals surface area contributed by atoms with Gasteiger partial charge in [-0.2, -0.15) is 0 Å². The van der Waals surface area contributed by atoms with Crippen LogP contribution in [0.15, 0.2) is 64.8 Å². The molecular formula is C23H23N5O2S. The van der Waals surface area contributed by atoms with Gasteiger partial charge >= 0.3 is 0 Å². The average Bonchev–Trinajstić information content (AvgIpc) is 3.44. The lowest BCUT2D eigenvalue weighted by atomic mass is 10.2. The van der Waals surface area contributed by atoms with Crippen LogP contribution in [0, 0.1) is 20.8 Å². The van der Waals surface area contributed by atoms with Crippen LogP contribution in [0.3, 0.4) is 0 Å². The minimum atomic E-state index is 0.0268. The molecule has 31 heavy (non-hydrogen) atoms. The van der Waals surface area contributed by atoms with Crippen molar-refractivity contribution < 1.29 is 9.32 Å². The van der Waals surface area contributed by atoms with Crippen LogP contribution in [-0.2, 0) is 6.54 Å². The number of carbonyl (C=O) groups is 1.